The van der Waals surface area contributed by atoms with Gasteiger partial charge >= 0.3 is 0 Å². The Morgan fingerprint density at radius 2 is 1.20 bits per heavy atom. The first-order valence-corrected chi connectivity index (χ1v) is 9.85. The minimum Gasteiger partial charge on any atom is -0.0654 e. The van der Waals surface area contributed by atoms with Gasteiger partial charge in [0.1, 0.15) is 0 Å². The summed E-state index contributed by atoms with van der Waals surface area (Å²) in [6.45, 7) is 4.69. The number of hydrogen-bond donors (Lipinski definition) is 0. The third kappa shape index (κ3) is 4.78. The Morgan fingerprint density at radius 1 is 0.650 bits per heavy atom. The molecule has 4 atom stereocenters. The predicted molar refractivity (Wildman–Crippen MR) is 89.9 cm³/mol. The standard InChI is InChI=1S/C20H38/c1-3-5-7-8-12-18-16-20-14-10-9-13-19(20)15-17(18)11-6-4-2/h17-20H,3-16H2,1-2H3. The predicted octanol–water partition coefficient (Wildman–Crippen LogP) is 6.98. The fourth-order valence-corrected chi connectivity index (χ4v) is 5.07. The summed E-state index contributed by atoms with van der Waals surface area (Å²) in [5.41, 5.74) is 0. The van der Waals surface area contributed by atoms with Crippen LogP contribution in [0.25, 0.3) is 0 Å². The lowest BCUT2D eigenvalue weighted by Crippen LogP contribution is -2.34. The monoisotopic (exact) mass is 278 g/mol. The quantitative estimate of drug-likeness (QED) is 0.420. The molecular weight excluding hydrogens is 240 g/mol. The zero-order valence-electron chi connectivity index (χ0n) is 14.2. The van der Waals surface area contributed by atoms with Crippen molar-refractivity contribution >= 4 is 0 Å². The summed E-state index contributed by atoms with van der Waals surface area (Å²) in [6.07, 6.45) is 21.2. The molecule has 0 bridgehead atoms. The lowest BCUT2D eigenvalue weighted by Gasteiger charge is -2.44. The summed E-state index contributed by atoms with van der Waals surface area (Å²) in [5.74, 6) is 4.43. The largest absolute Gasteiger partial charge is 0.0654 e. The fourth-order valence-electron chi connectivity index (χ4n) is 5.07. The molecule has 0 nitrogen and oxygen atoms in total. The van der Waals surface area contributed by atoms with Gasteiger partial charge in [-0.2, -0.15) is 0 Å². The lowest BCUT2D eigenvalue weighted by atomic mass is 9.61. The summed E-state index contributed by atoms with van der Waals surface area (Å²) in [5, 5.41) is 0. The molecule has 0 heterocycles. The van der Waals surface area contributed by atoms with E-state index in [2.05, 4.69) is 13.8 Å². The number of fused-ring (bicyclic) bond motifs is 1. The summed E-state index contributed by atoms with van der Waals surface area (Å²) in [6, 6.07) is 0. The van der Waals surface area contributed by atoms with Crippen LogP contribution >= 0.6 is 0 Å². The molecule has 2 rings (SSSR count). The van der Waals surface area contributed by atoms with Gasteiger partial charge in [0, 0.05) is 0 Å². The van der Waals surface area contributed by atoms with Gasteiger partial charge in [-0.3, -0.25) is 0 Å². The molecule has 0 N–H and O–H groups in total. The van der Waals surface area contributed by atoms with E-state index in [-0.39, 0.29) is 0 Å². The van der Waals surface area contributed by atoms with E-state index >= 15 is 0 Å². The van der Waals surface area contributed by atoms with Crippen LogP contribution in [-0.2, 0) is 0 Å². The van der Waals surface area contributed by atoms with Gasteiger partial charge in [-0.1, -0.05) is 90.9 Å². The summed E-state index contributed by atoms with van der Waals surface area (Å²) < 4.78 is 0. The SMILES string of the molecule is CCCCCCC1CC2CCCCC2CC1CCCC. The summed E-state index contributed by atoms with van der Waals surface area (Å²) in [7, 11) is 0. The second-order valence-electron chi connectivity index (χ2n) is 7.79. The van der Waals surface area contributed by atoms with E-state index in [4.69, 9.17) is 0 Å². The molecule has 4 unspecified atom stereocenters. The zero-order valence-corrected chi connectivity index (χ0v) is 14.2. The molecule has 2 saturated carbocycles. The summed E-state index contributed by atoms with van der Waals surface area (Å²) >= 11 is 0. The zero-order chi connectivity index (χ0) is 14.2. The van der Waals surface area contributed by atoms with Gasteiger partial charge in [0.25, 0.3) is 0 Å². The molecule has 2 fully saturated rings. The molecule has 118 valence electrons. The molecule has 0 aromatic heterocycles. The van der Waals surface area contributed by atoms with Crippen LogP contribution < -0.4 is 0 Å². The molecule has 0 aliphatic heterocycles. The van der Waals surface area contributed by atoms with Crippen LogP contribution in [-0.4, -0.2) is 0 Å². The molecule has 0 amide bonds. The minimum absolute atomic E-state index is 1.09. The molecule has 2 aliphatic rings. The van der Waals surface area contributed by atoms with Crippen molar-refractivity contribution in [1.29, 1.82) is 0 Å². The molecule has 2 aliphatic carbocycles. The first-order valence-electron chi connectivity index (χ1n) is 9.85. The maximum Gasteiger partial charge on any atom is -0.0383 e. The third-order valence-corrected chi connectivity index (χ3v) is 6.30. The molecule has 20 heavy (non-hydrogen) atoms. The molecule has 0 saturated heterocycles. The van der Waals surface area contributed by atoms with Crippen LogP contribution in [0.15, 0.2) is 0 Å². The van der Waals surface area contributed by atoms with Crippen molar-refractivity contribution in [2.75, 3.05) is 0 Å². The van der Waals surface area contributed by atoms with Crippen molar-refractivity contribution in [3.05, 3.63) is 0 Å². The smallest absolute Gasteiger partial charge is 0.0383 e. The lowest BCUT2D eigenvalue weighted by molar-refractivity contribution is 0.0661. The highest BCUT2D eigenvalue weighted by Gasteiger charge is 2.37. The van der Waals surface area contributed by atoms with E-state index in [9.17, 15) is 0 Å². The van der Waals surface area contributed by atoms with Crippen LogP contribution in [0.5, 0.6) is 0 Å². The molecular formula is C20H38. The first-order chi connectivity index (χ1) is 9.85. The average molecular weight is 279 g/mol. The van der Waals surface area contributed by atoms with E-state index in [1.54, 1.807) is 32.1 Å². The van der Waals surface area contributed by atoms with Crippen LogP contribution in [0.4, 0.5) is 0 Å². The number of unbranched alkanes of at least 4 members (excludes halogenated alkanes) is 4. The highest BCUT2D eigenvalue weighted by molar-refractivity contribution is 4.87. The Kier molecular flexibility index (Phi) is 7.45. The third-order valence-electron chi connectivity index (χ3n) is 6.30. The van der Waals surface area contributed by atoms with Crippen molar-refractivity contribution in [3.8, 4) is 0 Å². The average Bonchev–Trinajstić information content (AvgIpc) is 2.49. The van der Waals surface area contributed by atoms with E-state index in [1.165, 1.54) is 57.8 Å². The Bertz CT molecular complexity index is 244. The van der Waals surface area contributed by atoms with E-state index in [0.717, 1.165) is 23.7 Å². The molecule has 0 aromatic carbocycles. The molecule has 0 heteroatoms. The highest BCUT2D eigenvalue weighted by atomic mass is 14.4. The van der Waals surface area contributed by atoms with Gasteiger partial charge in [-0.05, 0) is 36.5 Å². The van der Waals surface area contributed by atoms with Gasteiger partial charge in [0.15, 0.2) is 0 Å². The summed E-state index contributed by atoms with van der Waals surface area (Å²) in [4.78, 5) is 0. The van der Waals surface area contributed by atoms with Crippen molar-refractivity contribution in [2.45, 2.75) is 104 Å². The Morgan fingerprint density at radius 3 is 1.75 bits per heavy atom. The van der Waals surface area contributed by atoms with Crippen LogP contribution in [0.1, 0.15) is 104 Å². The van der Waals surface area contributed by atoms with E-state index < -0.39 is 0 Å². The van der Waals surface area contributed by atoms with Gasteiger partial charge in [-0.25, -0.2) is 0 Å². The van der Waals surface area contributed by atoms with Crippen LogP contribution in [0, 0.1) is 23.7 Å². The topological polar surface area (TPSA) is 0 Å². The molecule has 0 radical (unpaired) electrons. The Balaban J connectivity index is 1.83. The van der Waals surface area contributed by atoms with Crippen molar-refractivity contribution in [2.24, 2.45) is 23.7 Å². The maximum absolute atomic E-state index is 2.36. The maximum atomic E-state index is 2.36. The normalized spacial score (nSPS) is 33.9. The van der Waals surface area contributed by atoms with Crippen molar-refractivity contribution < 1.29 is 0 Å². The number of rotatable bonds is 8. The highest BCUT2D eigenvalue weighted by Crippen LogP contribution is 2.48. The fraction of sp³-hybridized carbons (Fsp3) is 1.00. The minimum atomic E-state index is 1.09. The van der Waals surface area contributed by atoms with E-state index in [1.807, 2.05) is 0 Å². The second kappa shape index (κ2) is 9.11. The second-order valence-corrected chi connectivity index (χ2v) is 7.79. The first kappa shape index (κ1) is 16.4. The van der Waals surface area contributed by atoms with Crippen molar-refractivity contribution in [3.63, 3.8) is 0 Å². The Labute approximate surface area is 128 Å². The van der Waals surface area contributed by atoms with Crippen molar-refractivity contribution in [1.82, 2.24) is 0 Å². The van der Waals surface area contributed by atoms with Crippen LogP contribution in [0.3, 0.4) is 0 Å². The van der Waals surface area contributed by atoms with Gasteiger partial charge in [0.05, 0.1) is 0 Å². The van der Waals surface area contributed by atoms with Crippen LogP contribution in [0.2, 0.25) is 0 Å². The molecule has 0 aromatic rings. The van der Waals surface area contributed by atoms with E-state index in [0.29, 0.717) is 0 Å². The molecule has 0 spiro atoms. The Hall–Kier alpha value is 0. The van der Waals surface area contributed by atoms with Gasteiger partial charge < -0.3 is 0 Å². The van der Waals surface area contributed by atoms with Gasteiger partial charge in [-0.15, -0.1) is 0 Å². The number of hydrogen-bond acceptors (Lipinski definition) is 0. The van der Waals surface area contributed by atoms with Gasteiger partial charge in [0.2, 0.25) is 0 Å².